The average molecular weight is 462 g/mol. The highest BCUT2D eigenvalue weighted by Gasteiger charge is 2.19. The van der Waals surface area contributed by atoms with Gasteiger partial charge >= 0.3 is 0 Å². The highest BCUT2D eigenvalue weighted by atomic mass is 32.2. The zero-order valence-electron chi connectivity index (χ0n) is 20.1. The first kappa shape index (κ1) is 27.8. The van der Waals surface area contributed by atoms with E-state index in [0.29, 0.717) is 5.75 Å². The number of nitrogens with zero attached hydrogens (tertiary/aromatic N) is 1. The summed E-state index contributed by atoms with van der Waals surface area (Å²) in [4.78, 5) is 15.9. The maximum Gasteiger partial charge on any atom is 0.295 e. The Hall–Kier alpha value is -2.25. The van der Waals surface area contributed by atoms with Crippen molar-refractivity contribution in [3.63, 3.8) is 0 Å². The fourth-order valence-electron chi connectivity index (χ4n) is 2.88. The van der Waals surface area contributed by atoms with E-state index in [1.807, 2.05) is 0 Å². The molecule has 1 aromatic heterocycles. The van der Waals surface area contributed by atoms with Crippen LogP contribution in [0, 0.1) is 0 Å². The second kappa shape index (κ2) is 16.4. The molecule has 0 aliphatic carbocycles. The molecular weight excluding hydrogens is 422 g/mol. The Morgan fingerprint density at radius 3 is 2.44 bits per heavy atom. The van der Waals surface area contributed by atoms with Crippen LogP contribution in [-0.2, 0) is 4.79 Å². The number of amides is 1. The summed E-state index contributed by atoms with van der Waals surface area (Å²) in [7, 11) is 0. The van der Waals surface area contributed by atoms with E-state index in [0.717, 1.165) is 37.9 Å². The van der Waals surface area contributed by atoms with Crippen molar-refractivity contribution in [2.75, 3.05) is 16.8 Å². The lowest BCUT2D eigenvalue weighted by Gasteiger charge is -2.14. The molecule has 1 atom stereocenters. The largest absolute Gasteiger partial charge is 0.432 e. The number of oxazole rings is 1. The van der Waals surface area contributed by atoms with E-state index in [9.17, 15) is 4.79 Å². The number of aromatic nitrogens is 1. The molecule has 1 heterocycles. The monoisotopic (exact) mass is 461 g/mol. The molecule has 0 fully saturated rings. The van der Waals surface area contributed by atoms with Crippen LogP contribution in [0.3, 0.4) is 0 Å². The summed E-state index contributed by atoms with van der Waals surface area (Å²) in [6.45, 7) is 10.7. The minimum atomic E-state index is -0.635. The van der Waals surface area contributed by atoms with Gasteiger partial charge in [0.2, 0.25) is 0 Å². The summed E-state index contributed by atoms with van der Waals surface area (Å²) in [5.74, 6) is 0.751. The SMILES string of the molecule is CC(C)=CCC/C(C)=C/CC/C(=C/CSCC(Nc1ncco1)C(=O)NO)CC=C(C)C. The van der Waals surface area contributed by atoms with Gasteiger partial charge in [0.05, 0.1) is 6.20 Å². The first-order valence-electron chi connectivity index (χ1n) is 11.1. The maximum absolute atomic E-state index is 11.9. The van der Waals surface area contributed by atoms with E-state index in [-0.39, 0.29) is 6.01 Å². The van der Waals surface area contributed by atoms with Gasteiger partial charge in [-0.05, 0) is 66.7 Å². The number of carbonyl (C=O) groups excluding carboxylic acids is 1. The van der Waals surface area contributed by atoms with Gasteiger partial charge in [-0.1, -0.05) is 46.6 Å². The minimum absolute atomic E-state index is 0.255. The van der Waals surface area contributed by atoms with Crippen LogP contribution in [0.1, 0.15) is 66.7 Å². The molecule has 0 aromatic carbocycles. The lowest BCUT2D eigenvalue weighted by atomic mass is 10.0. The Morgan fingerprint density at radius 2 is 1.81 bits per heavy atom. The van der Waals surface area contributed by atoms with Crippen LogP contribution >= 0.6 is 11.8 Å². The summed E-state index contributed by atoms with van der Waals surface area (Å²) in [6, 6.07) is -0.379. The van der Waals surface area contributed by atoms with Gasteiger partial charge in [-0.2, -0.15) is 11.8 Å². The maximum atomic E-state index is 11.9. The van der Waals surface area contributed by atoms with Crippen molar-refractivity contribution in [2.45, 2.75) is 72.8 Å². The molecule has 0 aliphatic rings. The molecule has 0 bridgehead atoms. The van der Waals surface area contributed by atoms with Gasteiger partial charge in [-0.25, -0.2) is 10.5 Å². The zero-order valence-corrected chi connectivity index (χ0v) is 20.9. The average Bonchev–Trinajstić information content (AvgIpc) is 3.25. The molecule has 0 spiro atoms. The minimum Gasteiger partial charge on any atom is -0.432 e. The number of allylic oxidation sites excluding steroid dienone is 7. The Labute approximate surface area is 197 Å². The standard InChI is InChI=1S/C25H39N3O3S/c1-19(2)8-6-9-21(5)10-7-11-22(13-12-20(3)4)14-17-32-18-23(24(29)28-30)27-25-26-15-16-31-25/h8,10,12,14-16,23,30H,6-7,9,11,13,17-18H2,1-5H3,(H,26,27)(H,28,29)/b21-10+,22-14-. The number of hydrogen-bond donors (Lipinski definition) is 3. The molecule has 3 N–H and O–H groups in total. The quantitative estimate of drug-likeness (QED) is 0.120. The molecule has 32 heavy (non-hydrogen) atoms. The van der Waals surface area contributed by atoms with Gasteiger partial charge in [-0.15, -0.1) is 0 Å². The van der Waals surface area contributed by atoms with Crippen molar-refractivity contribution in [1.82, 2.24) is 10.5 Å². The van der Waals surface area contributed by atoms with Crippen LogP contribution in [0.5, 0.6) is 0 Å². The summed E-state index contributed by atoms with van der Waals surface area (Å²) in [5, 5.41) is 11.9. The Bertz CT molecular complexity index is 787. The second-order valence-electron chi connectivity index (χ2n) is 8.30. The number of hydroxylamine groups is 1. The number of carbonyl (C=O) groups is 1. The van der Waals surface area contributed by atoms with Crippen LogP contribution in [0.25, 0.3) is 0 Å². The molecular formula is C25H39N3O3S. The Morgan fingerprint density at radius 1 is 1.09 bits per heavy atom. The van der Waals surface area contributed by atoms with Crippen molar-refractivity contribution in [3.8, 4) is 0 Å². The van der Waals surface area contributed by atoms with Gasteiger partial charge < -0.3 is 9.73 Å². The molecule has 1 amide bonds. The first-order valence-corrected chi connectivity index (χ1v) is 12.2. The summed E-state index contributed by atoms with van der Waals surface area (Å²) in [6.07, 6.45) is 17.3. The lowest BCUT2D eigenvalue weighted by molar-refractivity contribution is -0.129. The predicted octanol–water partition coefficient (Wildman–Crippen LogP) is 6.45. The molecule has 1 aromatic rings. The fourth-order valence-corrected chi connectivity index (χ4v) is 3.84. The summed E-state index contributed by atoms with van der Waals surface area (Å²) in [5.41, 5.74) is 7.22. The smallest absolute Gasteiger partial charge is 0.295 e. The molecule has 1 unspecified atom stereocenters. The third kappa shape index (κ3) is 13.2. The number of nitrogens with one attached hydrogen (secondary N) is 2. The number of anilines is 1. The van der Waals surface area contributed by atoms with Crippen LogP contribution in [-0.4, -0.2) is 33.6 Å². The van der Waals surface area contributed by atoms with Crippen LogP contribution in [0.15, 0.2) is 63.5 Å². The van der Waals surface area contributed by atoms with E-state index in [1.165, 1.54) is 34.8 Å². The third-order valence-corrected chi connectivity index (χ3v) is 5.72. The van der Waals surface area contributed by atoms with E-state index < -0.39 is 11.9 Å². The highest BCUT2D eigenvalue weighted by molar-refractivity contribution is 7.99. The highest BCUT2D eigenvalue weighted by Crippen LogP contribution is 2.18. The van der Waals surface area contributed by atoms with Crippen LogP contribution < -0.4 is 10.8 Å². The topological polar surface area (TPSA) is 87.4 Å². The summed E-state index contributed by atoms with van der Waals surface area (Å²) >= 11 is 1.62. The molecule has 6 nitrogen and oxygen atoms in total. The van der Waals surface area contributed by atoms with Gasteiger partial charge in [-0.3, -0.25) is 10.0 Å². The van der Waals surface area contributed by atoms with Crippen molar-refractivity contribution in [1.29, 1.82) is 0 Å². The first-order chi connectivity index (χ1) is 15.3. The molecule has 1 rings (SSSR count). The number of rotatable bonds is 15. The molecule has 0 radical (unpaired) electrons. The third-order valence-electron chi connectivity index (χ3n) is 4.75. The lowest BCUT2D eigenvalue weighted by Crippen LogP contribution is -2.40. The van der Waals surface area contributed by atoms with Crippen LogP contribution in [0.2, 0.25) is 0 Å². The number of hydrogen-bond acceptors (Lipinski definition) is 6. The second-order valence-corrected chi connectivity index (χ2v) is 9.38. The fraction of sp³-hybridized carbons (Fsp3) is 0.520. The molecule has 0 saturated carbocycles. The van der Waals surface area contributed by atoms with Crippen molar-refractivity contribution >= 4 is 23.7 Å². The van der Waals surface area contributed by atoms with Crippen molar-refractivity contribution in [2.24, 2.45) is 0 Å². The predicted molar refractivity (Wildman–Crippen MR) is 135 cm³/mol. The van der Waals surface area contributed by atoms with Crippen LogP contribution in [0.4, 0.5) is 6.01 Å². The molecule has 0 aliphatic heterocycles. The molecule has 0 saturated heterocycles. The van der Waals surface area contributed by atoms with E-state index in [2.05, 4.69) is 69.2 Å². The van der Waals surface area contributed by atoms with Gasteiger partial charge in [0, 0.05) is 11.5 Å². The Balaban J connectivity index is 2.59. The zero-order chi connectivity index (χ0) is 23.8. The Kier molecular flexibility index (Phi) is 14.2. The number of thioether (sulfide) groups is 1. The normalized spacial score (nSPS) is 12.8. The van der Waals surface area contributed by atoms with Crippen molar-refractivity contribution in [3.05, 3.63) is 59.1 Å². The van der Waals surface area contributed by atoms with Gasteiger partial charge in [0.1, 0.15) is 12.3 Å². The van der Waals surface area contributed by atoms with Crippen molar-refractivity contribution < 1.29 is 14.4 Å². The summed E-state index contributed by atoms with van der Waals surface area (Å²) < 4.78 is 5.14. The van der Waals surface area contributed by atoms with E-state index in [1.54, 1.807) is 17.2 Å². The van der Waals surface area contributed by atoms with Gasteiger partial charge in [0.15, 0.2) is 0 Å². The van der Waals surface area contributed by atoms with Gasteiger partial charge in [0.25, 0.3) is 11.9 Å². The van der Waals surface area contributed by atoms with E-state index in [4.69, 9.17) is 9.62 Å². The molecule has 178 valence electrons. The van der Waals surface area contributed by atoms with E-state index >= 15 is 0 Å². The molecule has 7 heteroatoms.